The summed E-state index contributed by atoms with van der Waals surface area (Å²) in [6, 6.07) is 15.4. The first-order valence-corrected chi connectivity index (χ1v) is 10.4. The van der Waals surface area contributed by atoms with Crippen molar-refractivity contribution in [3.63, 3.8) is 0 Å². The summed E-state index contributed by atoms with van der Waals surface area (Å²) in [6.07, 6.45) is 2.67. The fourth-order valence-electron chi connectivity index (χ4n) is 2.49. The second-order valence-electron chi connectivity index (χ2n) is 6.31. The maximum Gasteiger partial charge on any atom is 0.331 e. The Kier molecular flexibility index (Phi) is 7.69. The quantitative estimate of drug-likeness (QED) is 0.527. The van der Waals surface area contributed by atoms with Crippen LogP contribution in [0.2, 0.25) is 0 Å². The van der Waals surface area contributed by atoms with E-state index in [0.29, 0.717) is 5.56 Å². The third-order valence-corrected chi connectivity index (χ3v) is 5.90. The van der Waals surface area contributed by atoms with Crippen molar-refractivity contribution in [2.75, 3.05) is 20.7 Å². The normalized spacial score (nSPS) is 12.5. The van der Waals surface area contributed by atoms with Gasteiger partial charge in [-0.1, -0.05) is 42.5 Å². The molecule has 8 heteroatoms. The van der Waals surface area contributed by atoms with Gasteiger partial charge < -0.3 is 9.64 Å². The zero-order chi connectivity index (χ0) is 21.4. The van der Waals surface area contributed by atoms with Crippen LogP contribution in [-0.2, 0) is 24.3 Å². The lowest BCUT2D eigenvalue weighted by atomic mass is 10.1. The van der Waals surface area contributed by atoms with Gasteiger partial charge in [0.1, 0.15) is 0 Å². The van der Waals surface area contributed by atoms with Crippen LogP contribution in [0.5, 0.6) is 0 Å². The number of amides is 1. The van der Waals surface area contributed by atoms with Gasteiger partial charge in [0.05, 0.1) is 10.9 Å². The van der Waals surface area contributed by atoms with Crippen LogP contribution in [0.1, 0.15) is 24.1 Å². The minimum atomic E-state index is -3.51. The van der Waals surface area contributed by atoms with Gasteiger partial charge in [0, 0.05) is 13.1 Å². The molecule has 0 aliphatic rings. The molecule has 0 aliphatic carbocycles. The van der Waals surface area contributed by atoms with Gasteiger partial charge >= 0.3 is 5.97 Å². The third kappa shape index (κ3) is 6.27. The number of benzene rings is 2. The largest absolute Gasteiger partial charge is 0.452 e. The van der Waals surface area contributed by atoms with Crippen molar-refractivity contribution in [3.8, 4) is 0 Å². The SMILES string of the molecule is CNS(=O)(=O)c1ccc(/C=C/C(=O)OCC(=O)N(C)C(C)c2ccccc2)cc1. The van der Waals surface area contributed by atoms with E-state index in [9.17, 15) is 18.0 Å². The number of carbonyl (C=O) groups excluding carboxylic acids is 2. The van der Waals surface area contributed by atoms with E-state index in [2.05, 4.69) is 4.72 Å². The number of nitrogens with zero attached hydrogens (tertiary/aromatic N) is 1. The lowest BCUT2D eigenvalue weighted by molar-refractivity contribution is -0.148. The molecule has 2 aromatic carbocycles. The van der Waals surface area contributed by atoms with Gasteiger partial charge in [-0.25, -0.2) is 17.9 Å². The van der Waals surface area contributed by atoms with Crippen molar-refractivity contribution < 1.29 is 22.7 Å². The van der Waals surface area contributed by atoms with Gasteiger partial charge in [-0.05, 0) is 43.3 Å². The number of hydrogen-bond acceptors (Lipinski definition) is 5. The molecule has 1 atom stereocenters. The number of hydrogen-bond donors (Lipinski definition) is 1. The van der Waals surface area contributed by atoms with Gasteiger partial charge in [0.15, 0.2) is 6.61 Å². The average Bonchev–Trinajstić information content (AvgIpc) is 2.75. The van der Waals surface area contributed by atoms with E-state index >= 15 is 0 Å². The number of rotatable bonds is 8. The Morgan fingerprint density at radius 1 is 1.10 bits per heavy atom. The van der Waals surface area contributed by atoms with Gasteiger partial charge in [-0.2, -0.15) is 0 Å². The highest BCUT2D eigenvalue weighted by molar-refractivity contribution is 7.89. The van der Waals surface area contributed by atoms with E-state index in [0.717, 1.165) is 5.56 Å². The van der Waals surface area contributed by atoms with Crippen molar-refractivity contribution in [1.82, 2.24) is 9.62 Å². The zero-order valence-electron chi connectivity index (χ0n) is 16.5. The summed E-state index contributed by atoms with van der Waals surface area (Å²) in [5.74, 6) is -0.976. The summed E-state index contributed by atoms with van der Waals surface area (Å²) in [5.41, 5.74) is 1.61. The predicted octanol–water partition coefficient (Wildman–Crippen LogP) is 2.37. The molecular weight excluding hydrogens is 392 g/mol. The number of likely N-dealkylation sites (N-methyl/N-ethyl adjacent to an activating group) is 1. The molecule has 0 fully saturated rings. The maximum atomic E-state index is 12.3. The van der Waals surface area contributed by atoms with Crippen LogP contribution < -0.4 is 4.72 Å². The van der Waals surface area contributed by atoms with Crippen LogP contribution in [0.25, 0.3) is 6.08 Å². The summed E-state index contributed by atoms with van der Waals surface area (Å²) < 4.78 is 30.6. The Bertz CT molecular complexity index is 970. The molecule has 29 heavy (non-hydrogen) atoms. The van der Waals surface area contributed by atoms with Gasteiger partial charge in [0.2, 0.25) is 10.0 Å². The molecule has 7 nitrogen and oxygen atoms in total. The highest BCUT2D eigenvalue weighted by Gasteiger charge is 2.18. The molecule has 1 amide bonds. The summed E-state index contributed by atoms with van der Waals surface area (Å²) in [4.78, 5) is 25.8. The van der Waals surface area contributed by atoms with E-state index in [1.165, 1.54) is 36.2 Å². The van der Waals surface area contributed by atoms with Gasteiger partial charge in [-0.15, -0.1) is 0 Å². The molecular formula is C21H24N2O5S. The van der Waals surface area contributed by atoms with Gasteiger partial charge in [0.25, 0.3) is 5.91 Å². The van der Waals surface area contributed by atoms with E-state index in [1.807, 2.05) is 37.3 Å². The second kappa shape index (κ2) is 9.99. The van der Waals surface area contributed by atoms with E-state index in [1.54, 1.807) is 19.2 Å². The minimum absolute atomic E-state index is 0.126. The first-order chi connectivity index (χ1) is 13.7. The smallest absolute Gasteiger partial charge is 0.331 e. The van der Waals surface area contributed by atoms with Crippen molar-refractivity contribution in [2.24, 2.45) is 0 Å². The fourth-order valence-corrected chi connectivity index (χ4v) is 3.22. The van der Waals surface area contributed by atoms with E-state index in [4.69, 9.17) is 4.74 Å². The first kappa shape index (κ1) is 22.3. The molecule has 2 aromatic rings. The number of nitrogens with one attached hydrogen (secondary N) is 1. The molecule has 0 radical (unpaired) electrons. The summed E-state index contributed by atoms with van der Waals surface area (Å²) in [7, 11) is -0.519. The van der Waals surface area contributed by atoms with Crippen molar-refractivity contribution in [3.05, 3.63) is 71.8 Å². The van der Waals surface area contributed by atoms with Crippen LogP contribution in [0.3, 0.4) is 0 Å². The summed E-state index contributed by atoms with van der Waals surface area (Å²) >= 11 is 0. The standard InChI is InChI=1S/C21H24N2O5S/c1-16(18-7-5-4-6-8-18)23(3)20(24)15-28-21(25)14-11-17-9-12-19(13-10-17)29(26,27)22-2/h4-14,16,22H,15H2,1-3H3/b14-11+. The summed E-state index contributed by atoms with van der Waals surface area (Å²) in [5, 5.41) is 0. The first-order valence-electron chi connectivity index (χ1n) is 8.93. The molecule has 1 unspecified atom stereocenters. The average molecular weight is 416 g/mol. The van der Waals surface area contributed by atoms with Crippen molar-refractivity contribution in [2.45, 2.75) is 17.9 Å². The summed E-state index contributed by atoms with van der Waals surface area (Å²) in [6.45, 7) is 1.53. The Balaban J connectivity index is 1.88. The fraction of sp³-hybridized carbons (Fsp3) is 0.238. The molecule has 0 saturated carbocycles. The number of ether oxygens (including phenoxy) is 1. The van der Waals surface area contributed by atoms with Crippen LogP contribution in [-0.4, -0.2) is 45.9 Å². The molecule has 0 saturated heterocycles. The van der Waals surface area contributed by atoms with Crippen molar-refractivity contribution in [1.29, 1.82) is 0 Å². The monoisotopic (exact) mass is 416 g/mol. The lowest BCUT2D eigenvalue weighted by Crippen LogP contribution is -2.33. The molecule has 0 aromatic heterocycles. The number of esters is 1. The minimum Gasteiger partial charge on any atom is -0.452 e. The number of carbonyl (C=O) groups is 2. The van der Waals surface area contributed by atoms with Crippen LogP contribution >= 0.6 is 0 Å². The molecule has 0 spiro atoms. The molecule has 2 rings (SSSR count). The Labute approximate surface area is 171 Å². The highest BCUT2D eigenvalue weighted by Crippen LogP contribution is 2.18. The van der Waals surface area contributed by atoms with E-state index < -0.39 is 16.0 Å². The highest BCUT2D eigenvalue weighted by atomic mass is 32.2. The zero-order valence-corrected chi connectivity index (χ0v) is 17.3. The predicted molar refractivity (Wildman–Crippen MR) is 110 cm³/mol. The van der Waals surface area contributed by atoms with Crippen LogP contribution in [0, 0.1) is 0 Å². The molecule has 154 valence electrons. The number of sulfonamides is 1. The van der Waals surface area contributed by atoms with E-state index in [-0.39, 0.29) is 23.5 Å². The van der Waals surface area contributed by atoms with Crippen LogP contribution in [0.4, 0.5) is 0 Å². The molecule has 1 N–H and O–H groups in total. The Morgan fingerprint density at radius 2 is 1.72 bits per heavy atom. The lowest BCUT2D eigenvalue weighted by Gasteiger charge is -2.25. The third-order valence-electron chi connectivity index (χ3n) is 4.47. The maximum absolute atomic E-state index is 12.3. The topological polar surface area (TPSA) is 92.8 Å². The Morgan fingerprint density at radius 3 is 2.31 bits per heavy atom. The Hall–Kier alpha value is -2.97. The van der Waals surface area contributed by atoms with Crippen LogP contribution in [0.15, 0.2) is 65.6 Å². The molecule has 0 heterocycles. The molecule has 0 aliphatic heterocycles. The van der Waals surface area contributed by atoms with Crippen molar-refractivity contribution >= 4 is 28.0 Å². The molecule has 0 bridgehead atoms. The second-order valence-corrected chi connectivity index (χ2v) is 8.20. The van der Waals surface area contributed by atoms with Gasteiger partial charge in [-0.3, -0.25) is 4.79 Å².